The predicted molar refractivity (Wildman–Crippen MR) is 118 cm³/mol. The van der Waals surface area contributed by atoms with Gasteiger partial charge in [-0.2, -0.15) is 0 Å². The number of hydrogen-bond acceptors (Lipinski definition) is 5. The molecule has 152 valence electrons. The van der Waals surface area contributed by atoms with E-state index < -0.39 is 0 Å². The maximum atomic E-state index is 13.2. The lowest BCUT2D eigenvalue weighted by Crippen LogP contribution is -2.50. The molecule has 0 aromatic carbocycles. The molecule has 3 atom stereocenters. The van der Waals surface area contributed by atoms with E-state index in [1.807, 2.05) is 25.7 Å². The number of aryl methyl sites for hydroxylation is 2. The van der Waals surface area contributed by atoms with Gasteiger partial charge in [-0.25, -0.2) is 4.98 Å². The van der Waals surface area contributed by atoms with E-state index in [1.165, 1.54) is 29.5 Å². The molecule has 0 unspecified atom stereocenters. The minimum Gasteiger partial charge on any atom is -0.336 e. The first kappa shape index (κ1) is 21.1. The number of amides is 1. The van der Waals surface area contributed by atoms with Crippen LogP contribution in [0.25, 0.3) is 10.2 Å². The van der Waals surface area contributed by atoms with Crippen LogP contribution in [0.5, 0.6) is 0 Å². The average Bonchev–Trinajstić information content (AvgIpc) is 2.92. The second-order valence-electron chi connectivity index (χ2n) is 7.70. The van der Waals surface area contributed by atoms with Crippen LogP contribution in [0.2, 0.25) is 0 Å². The Labute approximate surface area is 174 Å². The monoisotopic (exact) mass is 419 g/mol. The van der Waals surface area contributed by atoms with Crippen LogP contribution >= 0.6 is 23.1 Å². The summed E-state index contributed by atoms with van der Waals surface area (Å²) in [5.41, 5.74) is 0.945. The van der Waals surface area contributed by atoms with Crippen LogP contribution in [0.4, 0.5) is 0 Å². The third-order valence-electron chi connectivity index (χ3n) is 5.64. The number of piperidine rings is 1. The summed E-state index contributed by atoms with van der Waals surface area (Å²) >= 11 is 2.92. The zero-order valence-corrected chi connectivity index (χ0v) is 19.0. The van der Waals surface area contributed by atoms with Gasteiger partial charge in [-0.05, 0) is 59.4 Å². The van der Waals surface area contributed by atoms with Crippen molar-refractivity contribution >= 4 is 39.2 Å². The van der Waals surface area contributed by atoms with Crippen molar-refractivity contribution in [1.29, 1.82) is 0 Å². The first-order chi connectivity index (χ1) is 13.3. The quantitative estimate of drug-likeness (QED) is 0.406. The summed E-state index contributed by atoms with van der Waals surface area (Å²) in [5, 5.41) is 0.980. The number of likely N-dealkylation sites (tertiary alicyclic amines) is 1. The summed E-state index contributed by atoms with van der Waals surface area (Å²) in [6, 6.07) is 0.514. The highest BCUT2D eigenvalue weighted by molar-refractivity contribution is 8.00. The van der Waals surface area contributed by atoms with Crippen LogP contribution in [0, 0.1) is 13.8 Å². The van der Waals surface area contributed by atoms with Crippen molar-refractivity contribution in [3.63, 3.8) is 0 Å². The lowest BCUT2D eigenvalue weighted by atomic mass is 9.97. The Morgan fingerprint density at radius 2 is 2.00 bits per heavy atom. The van der Waals surface area contributed by atoms with Crippen LogP contribution < -0.4 is 5.56 Å². The molecule has 2 aromatic heterocycles. The number of hydrogen-bond donors (Lipinski definition) is 0. The van der Waals surface area contributed by atoms with Crippen molar-refractivity contribution in [3.05, 3.63) is 33.4 Å². The summed E-state index contributed by atoms with van der Waals surface area (Å²) in [7, 11) is 0. The Bertz CT molecular complexity index is 953. The van der Waals surface area contributed by atoms with E-state index in [1.54, 1.807) is 10.6 Å². The number of rotatable bonds is 5. The van der Waals surface area contributed by atoms with Gasteiger partial charge in [-0.1, -0.05) is 17.8 Å². The number of thioether (sulfide) groups is 1. The zero-order chi connectivity index (χ0) is 20.6. The van der Waals surface area contributed by atoms with Gasteiger partial charge < -0.3 is 4.90 Å². The molecule has 5 nitrogen and oxygen atoms in total. The molecule has 3 rings (SSSR count). The largest absolute Gasteiger partial charge is 0.336 e. The first-order valence-corrected chi connectivity index (χ1v) is 11.6. The molecule has 1 fully saturated rings. The summed E-state index contributed by atoms with van der Waals surface area (Å²) in [5.74, 6) is 0.128. The van der Waals surface area contributed by atoms with Crippen LogP contribution in [0.15, 0.2) is 22.6 Å². The average molecular weight is 420 g/mol. The van der Waals surface area contributed by atoms with Crippen molar-refractivity contribution < 1.29 is 4.79 Å². The fourth-order valence-corrected chi connectivity index (χ4v) is 6.01. The second-order valence-corrected chi connectivity index (χ2v) is 10.2. The lowest BCUT2D eigenvalue weighted by Gasteiger charge is -2.40. The smallest absolute Gasteiger partial charge is 0.263 e. The number of carbonyl (C=O) groups is 1. The molecule has 3 heterocycles. The van der Waals surface area contributed by atoms with Gasteiger partial charge in [0.1, 0.15) is 4.83 Å². The van der Waals surface area contributed by atoms with Gasteiger partial charge >= 0.3 is 0 Å². The van der Waals surface area contributed by atoms with Crippen molar-refractivity contribution in [2.24, 2.45) is 0 Å². The molecule has 7 heteroatoms. The van der Waals surface area contributed by atoms with Gasteiger partial charge in [0, 0.05) is 23.5 Å². The van der Waals surface area contributed by atoms with Gasteiger partial charge in [0.05, 0.1) is 10.6 Å². The Morgan fingerprint density at radius 1 is 1.36 bits per heavy atom. The molecular weight excluding hydrogens is 390 g/mol. The van der Waals surface area contributed by atoms with Crippen molar-refractivity contribution in [2.75, 3.05) is 0 Å². The number of carbonyl (C=O) groups excluding carboxylic acids is 1. The first-order valence-electron chi connectivity index (χ1n) is 9.86. The number of nitrogens with zero attached hydrogens (tertiary/aromatic N) is 3. The highest BCUT2D eigenvalue weighted by Gasteiger charge is 2.32. The molecule has 1 amide bonds. The molecule has 28 heavy (non-hydrogen) atoms. The van der Waals surface area contributed by atoms with Crippen molar-refractivity contribution in [1.82, 2.24) is 14.5 Å². The molecule has 0 N–H and O–H groups in total. The molecule has 1 aliphatic heterocycles. The van der Waals surface area contributed by atoms with Crippen LogP contribution in [0.3, 0.4) is 0 Å². The number of aromatic nitrogens is 2. The minimum absolute atomic E-state index is 0.0476. The highest BCUT2D eigenvalue weighted by Crippen LogP contribution is 2.31. The van der Waals surface area contributed by atoms with Crippen LogP contribution in [-0.4, -0.2) is 37.7 Å². The fourth-order valence-electron chi connectivity index (χ4n) is 3.96. The standard InChI is InChI=1S/C21H29N3O2S2/c1-7-11-23-20(26)17-14(4)15(5)27-18(17)22-21(23)28-16(6)19(25)24-12(2)9-8-10-13(24)3/h7,12-13,16H,1,8-11H2,2-6H3/t12-,13+,16-/m0/s1. The summed E-state index contributed by atoms with van der Waals surface area (Å²) in [4.78, 5) is 34.9. The van der Waals surface area contributed by atoms with Gasteiger partial charge in [0.25, 0.3) is 5.56 Å². The third-order valence-corrected chi connectivity index (χ3v) is 7.82. The van der Waals surface area contributed by atoms with Gasteiger partial charge in [-0.3, -0.25) is 14.2 Å². The zero-order valence-electron chi connectivity index (χ0n) is 17.3. The fraction of sp³-hybridized carbons (Fsp3) is 0.571. The third kappa shape index (κ3) is 3.79. The molecule has 1 aliphatic rings. The van der Waals surface area contributed by atoms with Crippen LogP contribution in [-0.2, 0) is 11.3 Å². The molecule has 0 saturated carbocycles. The highest BCUT2D eigenvalue weighted by atomic mass is 32.2. The Kier molecular flexibility index (Phi) is 6.34. The lowest BCUT2D eigenvalue weighted by molar-refractivity contribution is -0.136. The molecule has 0 spiro atoms. The predicted octanol–water partition coefficient (Wildman–Crippen LogP) is 4.53. The Hall–Kier alpha value is -1.60. The molecule has 2 aromatic rings. The molecular formula is C21H29N3O2S2. The maximum Gasteiger partial charge on any atom is 0.263 e. The normalized spacial score (nSPS) is 21.1. The summed E-state index contributed by atoms with van der Waals surface area (Å²) in [6.07, 6.45) is 4.97. The van der Waals surface area contributed by atoms with Gasteiger partial charge in [0.2, 0.25) is 5.91 Å². The Balaban J connectivity index is 1.96. The van der Waals surface area contributed by atoms with E-state index in [0.29, 0.717) is 17.1 Å². The van der Waals surface area contributed by atoms with E-state index in [-0.39, 0.29) is 28.8 Å². The van der Waals surface area contributed by atoms with E-state index in [4.69, 9.17) is 4.98 Å². The number of thiophene rings is 1. The molecule has 0 aliphatic carbocycles. The molecule has 0 radical (unpaired) electrons. The number of allylic oxidation sites excluding steroid dienone is 1. The summed E-state index contributed by atoms with van der Waals surface area (Å²) < 4.78 is 1.64. The topological polar surface area (TPSA) is 55.2 Å². The molecule has 0 bridgehead atoms. The Morgan fingerprint density at radius 3 is 2.61 bits per heavy atom. The summed E-state index contributed by atoms with van der Waals surface area (Å²) in [6.45, 7) is 14.3. The number of fused-ring (bicyclic) bond motifs is 1. The van der Waals surface area contributed by atoms with Crippen LogP contribution in [0.1, 0.15) is 50.5 Å². The second kappa shape index (κ2) is 8.41. The maximum absolute atomic E-state index is 13.2. The van der Waals surface area contributed by atoms with E-state index in [0.717, 1.165) is 28.1 Å². The molecule has 1 saturated heterocycles. The van der Waals surface area contributed by atoms with Gasteiger partial charge in [-0.15, -0.1) is 17.9 Å². The van der Waals surface area contributed by atoms with Crippen molar-refractivity contribution in [3.8, 4) is 0 Å². The SMILES string of the molecule is C=CCn1c(S[C@@H](C)C(=O)N2[C@H](C)CCC[C@@H]2C)nc2sc(C)c(C)c2c1=O. The van der Waals surface area contributed by atoms with E-state index in [2.05, 4.69) is 20.4 Å². The van der Waals surface area contributed by atoms with E-state index in [9.17, 15) is 9.59 Å². The minimum atomic E-state index is -0.300. The van der Waals surface area contributed by atoms with Crippen molar-refractivity contribution in [2.45, 2.75) is 82.9 Å². The van der Waals surface area contributed by atoms with E-state index >= 15 is 0 Å². The van der Waals surface area contributed by atoms with Gasteiger partial charge in [0.15, 0.2) is 5.16 Å².